The molecule has 0 bridgehead atoms. The lowest BCUT2D eigenvalue weighted by atomic mass is 9.74. The Morgan fingerprint density at radius 1 is 1.20 bits per heavy atom. The van der Waals surface area contributed by atoms with Crippen molar-refractivity contribution >= 4 is 40.0 Å². The number of alkyl halides is 3. The van der Waals surface area contributed by atoms with Gasteiger partial charge < -0.3 is 25.4 Å². The SMILES string of the molecule is Cc1nsc(Nc2cncc(C(F)(F)F)n2)c1C(=O)Nc1ccc(OCC2CCCN(C(=O)O)C2C(C)(C)C)nc1. The molecule has 1 aliphatic rings. The van der Waals surface area contributed by atoms with Crippen LogP contribution in [0.1, 0.15) is 55.4 Å². The summed E-state index contributed by atoms with van der Waals surface area (Å²) in [7, 11) is 0. The van der Waals surface area contributed by atoms with Crippen LogP contribution in [0, 0.1) is 18.3 Å². The van der Waals surface area contributed by atoms with Gasteiger partial charge in [-0.15, -0.1) is 0 Å². The first kappa shape index (κ1) is 30.0. The van der Waals surface area contributed by atoms with Gasteiger partial charge in [-0.1, -0.05) is 20.8 Å². The Kier molecular flexibility index (Phi) is 8.66. The van der Waals surface area contributed by atoms with E-state index in [9.17, 15) is 27.9 Å². The average Bonchev–Trinajstić information content (AvgIpc) is 3.26. The number of nitrogens with one attached hydrogen (secondary N) is 2. The van der Waals surface area contributed by atoms with Crippen LogP contribution in [0.4, 0.5) is 34.5 Å². The molecule has 3 N–H and O–H groups in total. The standard InChI is InChI=1S/C26H30F3N7O4S/c1-14-20(23(41-35-14)34-18-12-30-11-17(33-18)26(27,28)29)22(37)32-16-7-8-19(31-10-16)40-13-15-6-5-9-36(24(38)39)21(15)25(2,3)4/h7-8,10-12,15,21H,5-6,9,13H2,1-4H3,(H,32,37)(H,33,34)(H,38,39). The number of aryl methyl sites for hydroxylation is 1. The minimum absolute atomic E-state index is 0.0115. The summed E-state index contributed by atoms with van der Waals surface area (Å²) in [6.07, 6.45) is -0.884. The molecule has 0 radical (unpaired) electrons. The molecule has 0 spiro atoms. The van der Waals surface area contributed by atoms with E-state index >= 15 is 0 Å². The first-order valence-electron chi connectivity index (χ1n) is 12.8. The smallest absolute Gasteiger partial charge is 0.434 e. The van der Waals surface area contributed by atoms with Crippen molar-refractivity contribution in [3.63, 3.8) is 0 Å². The van der Waals surface area contributed by atoms with E-state index in [2.05, 4.69) is 30.0 Å². The Balaban J connectivity index is 1.41. The number of anilines is 3. The second-order valence-corrected chi connectivity index (χ2v) is 11.5. The molecular weight excluding hydrogens is 563 g/mol. The minimum atomic E-state index is -4.67. The Morgan fingerprint density at radius 2 is 1.95 bits per heavy atom. The van der Waals surface area contributed by atoms with Crippen LogP contribution in [-0.2, 0) is 6.18 Å². The molecule has 0 aliphatic carbocycles. The molecule has 1 aliphatic heterocycles. The molecule has 0 aromatic carbocycles. The lowest BCUT2D eigenvalue weighted by Crippen LogP contribution is -2.55. The maximum atomic E-state index is 13.1. The molecule has 1 saturated heterocycles. The molecule has 2 atom stereocenters. The zero-order chi connectivity index (χ0) is 29.9. The number of ether oxygens (including phenoxy) is 1. The molecule has 15 heteroatoms. The summed E-state index contributed by atoms with van der Waals surface area (Å²) in [6.45, 7) is 8.42. The number of piperidine rings is 1. The van der Waals surface area contributed by atoms with E-state index in [1.807, 2.05) is 20.8 Å². The van der Waals surface area contributed by atoms with Crippen LogP contribution >= 0.6 is 11.5 Å². The van der Waals surface area contributed by atoms with Crippen LogP contribution < -0.4 is 15.4 Å². The summed E-state index contributed by atoms with van der Waals surface area (Å²) in [5.41, 5.74) is -0.563. The summed E-state index contributed by atoms with van der Waals surface area (Å²) in [5.74, 6) is -0.415. The van der Waals surface area contributed by atoms with Crippen molar-refractivity contribution in [3.05, 3.63) is 47.7 Å². The predicted molar refractivity (Wildman–Crippen MR) is 146 cm³/mol. The number of rotatable bonds is 7. The fourth-order valence-corrected chi connectivity index (χ4v) is 5.77. The molecule has 4 rings (SSSR count). The van der Waals surface area contributed by atoms with Crippen LogP contribution in [0.5, 0.6) is 5.88 Å². The zero-order valence-corrected chi connectivity index (χ0v) is 23.6. The monoisotopic (exact) mass is 593 g/mol. The highest BCUT2D eigenvalue weighted by atomic mass is 32.1. The quantitative estimate of drug-likeness (QED) is 0.308. The van der Waals surface area contributed by atoms with E-state index in [1.54, 1.807) is 19.1 Å². The summed E-state index contributed by atoms with van der Waals surface area (Å²) in [4.78, 5) is 37.7. The molecule has 3 aromatic heterocycles. The van der Waals surface area contributed by atoms with Gasteiger partial charge in [0.25, 0.3) is 5.91 Å². The van der Waals surface area contributed by atoms with Gasteiger partial charge in [0.05, 0.1) is 42.1 Å². The molecule has 41 heavy (non-hydrogen) atoms. The lowest BCUT2D eigenvalue weighted by molar-refractivity contribution is -0.141. The number of carboxylic acid groups (broad SMARTS) is 1. The molecule has 2 unspecified atom stereocenters. The van der Waals surface area contributed by atoms with Crippen molar-refractivity contribution in [3.8, 4) is 5.88 Å². The second kappa shape index (κ2) is 11.8. The van der Waals surface area contributed by atoms with E-state index in [4.69, 9.17) is 4.74 Å². The fourth-order valence-electron chi connectivity index (χ4n) is 4.97. The van der Waals surface area contributed by atoms with Gasteiger partial charge in [-0.2, -0.15) is 17.5 Å². The van der Waals surface area contributed by atoms with Crippen molar-refractivity contribution in [1.82, 2.24) is 24.2 Å². The molecular formula is C26H30F3N7O4S. The highest BCUT2D eigenvalue weighted by Gasteiger charge is 2.42. The number of carbonyl (C=O) groups excluding carboxylic acids is 1. The van der Waals surface area contributed by atoms with Gasteiger partial charge in [0, 0.05) is 24.6 Å². The molecule has 3 aromatic rings. The molecule has 2 amide bonds. The minimum Gasteiger partial charge on any atom is -0.477 e. The van der Waals surface area contributed by atoms with Crippen molar-refractivity contribution in [2.75, 3.05) is 23.8 Å². The second-order valence-electron chi connectivity index (χ2n) is 10.7. The van der Waals surface area contributed by atoms with Gasteiger partial charge in [-0.05, 0) is 42.8 Å². The fraction of sp³-hybridized carbons (Fsp3) is 0.462. The number of halogens is 3. The number of carbonyl (C=O) groups is 2. The van der Waals surface area contributed by atoms with Gasteiger partial charge in [0.1, 0.15) is 10.8 Å². The normalized spacial score (nSPS) is 17.7. The van der Waals surface area contributed by atoms with E-state index in [0.717, 1.165) is 30.6 Å². The first-order chi connectivity index (χ1) is 19.2. The third kappa shape index (κ3) is 7.20. The van der Waals surface area contributed by atoms with Crippen molar-refractivity contribution in [2.45, 2.75) is 52.8 Å². The highest BCUT2D eigenvalue weighted by Crippen LogP contribution is 2.36. The van der Waals surface area contributed by atoms with E-state index in [-0.39, 0.29) is 40.4 Å². The number of hydrogen-bond acceptors (Lipinski definition) is 9. The topological polar surface area (TPSA) is 142 Å². The zero-order valence-electron chi connectivity index (χ0n) is 22.8. The first-order valence-corrected chi connectivity index (χ1v) is 13.5. The van der Waals surface area contributed by atoms with Crippen LogP contribution in [0.25, 0.3) is 0 Å². The largest absolute Gasteiger partial charge is 0.477 e. The van der Waals surface area contributed by atoms with Gasteiger partial charge in [-0.3, -0.25) is 9.78 Å². The maximum absolute atomic E-state index is 13.1. The number of aromatic nitrogens is 4. The Morgan fingerprint density at radius 3 is 2.59 bits per heavy atom. The molecule has 1 fully saturated rings. The number of hydrogen-bond donors (Lipinski definition) is 3. The van der Waals surface area contributed by atoms with E-state index in [1.165, 1.54) is 11.1 Å². The summed E-state index contributed by atoms with van der Waals surface area (Å²) in [5, 5.41) is 15.3. The van der Waals surface area contributed by atoms with E-state index in [0.29, 0.717) is 30.0 Å². The average molecular weight is 594 g/mol. The number of pyridine rings is 1. The summed E-state index contributed by atoms with van der Waals surface area (Å²) >= 11 is 0.903. The van der Waals surface area contributed by atoms with Gasteiger partial charge in [-0.25, -0.2) is 14.8 Å². The van der Waals surface area contributed by atoms with Crippen molar-refractivity contribution in [2.24, 2.45) is 11.3 Å². The Bertz CT molecular complexity index is 1390. The Labute approximate surface area is 238 Å². The van der Waals surface area contributed by atoms with Gasteiger partial charge in [0.15, 0.2) is 5.69 Å². The van der Waals surface area contributed by atoms with Gasteiger partial charge >= 0.3 is 12.3 Å². The molecule has 11 nitrogen and oxygen atoms in total. The number of nitrogens with zero attached hydrogens (tertiary/aromatic N) is 5. The highest BCUT2D eigenvalue weighted by molar-refractivity contribution is 7.10. The van der Waals surface area contributed by atoms with E-state index < -0.39 is 23.9 Å². The maximum Gasteiger partial charge on any atom is 0.434 e. The molecule has 0 saturated carbocycles. The molecule has 220 valence electrons. The summed E-state index contributed by atoms with van der Waals surface area (Å²) < 4.78 is 49.1. The van der Waals surface area contributed by atoms with Crippen molar-refractivity contribution in [1.29, 1.82) is 0 Å². The summed E-state index contributed by atoms with van der Waals surface area (Å²) in [6, 6.07) is 2.99. The molecule has 4 heterocycles. The lowest BCUT2D eigenvalue weighted by Gasteiger charge is -2.46. The van der Waals surface area contributed by atoms with Crippen LogP contribution in [0.15, 0.2) is 30.7 Å². The third-order valence-electron chi connectivity index (χ3n) is 6.59. The predicted octanol–water partition coefficient (Wildman–Crippen LogP) is 5.83. The number of amides is 2. The van der Waals surface area contributed by atoms with Crippen LogP contribution in [-0.4, -0.2) is 60.5 Å². The van der Waals surface area contributed by atoms with Crippen LogP contribution in [0.2, 0.25) is 0 Å². The number of likely N-dealkylation sites (tertiary alicyclic amines) is 1. The van der Waals surface area contributed by atoms with Gasteiger partial charge in [0.2, 0.25) is 5.88 Å². The van der Waals surface area contributed by atoms with Crippen molar-refractivity contribution < 1.29 is 32.6 Å². The Hall–Kier alpha value is -4.01. The third-order valence-corrected chi connectivity index (χ3v) is 7.44. The van der Waals surface area contributed by atoms with Crippen LogP contribution in [0.3, 0.4) is 0 Å².